The maximum absolute atomic E-state index is 5.95. The lowest BCUT2D eigenvalue weighted by Crippen LogP contribution is -2.40. The Morgan fingerprint density at radius 1 is 1.24 bits per heavy atom. The van der Waals surface area contributed by atoms with Crippen molar-refractivity contribution in [3.8, 4) is 11.5 Å². The maximum Gasteiger partial charge on any atom is 0.161 e. The van der Waals surface area contributed by atoms with Crippen LogP contribution >= 0.6 is 0 Å². The summed E-state index contributed by atoms with van der Waals surface area (Å²) in [7, 11) is 0. The lowest BCUT2D eigenvalue weighted by molar-refractivity contribution is 0.0615. The minimum absolute atomic E-state index is 0.144. The van der Waals surface area contributed by atoms with Crippen LogP contribution in [-0.2, 0) is 0 Å². The first kappa shape index (κ1) is 12.2. The minimum atomic E-state index is 0.144. The topological polar surface area (TPSA) is 21.7 Å². The molecule has 3 heteroatoms. The fourth-order valence-electron chi connectivity index (χ4n) is 2.08. The highest BCUT2D eigenvalue weighted by Gasteiger charge is 2.22. The van der Waals surface area contributed by atoms with Crippen molar-refractivity contribution in [1.29, 1.82) is 0 Å². The van der Waals surface area contributed by atoms with E-state index in [1.165, 1.54) is 5.56 Å². The van der Waals surface area contributed by atoms with Gasteiger partial charge in [0, 0.05) is 6.54 Å². The summed E-state index contributed by atoms with van der Waals surface area (Å²) in [6.07, 6.45) is 0.144. The van der Waals surface area contributed by atoms with E-state index in [2.05, 4.69) is 31.7 Å². The maximum atomic E-state index is 5.95. The van der Waals surface area contributed by atoms with Crippen LogP contribution in [0.5, 0.6) is 11.5 Å². The monoisotopic (exact) mass is 235 g/mol. The molecule has 94 valence electrons. The van der Waals surface area contributed by atoms with Crippen LogP contribution in [0, 0.1) is 6.92 Å². The minimum Gasteiger partial charge on any atom is -0.486 e. The van der Waals surface area contributed by atoms with E-state index in [0.29, 0.717) is 6.61 Å². The number of nitrogens with zero attached hydrogens (tertiary/aromatic N) is 1. The summed E-state index contributed by atoms with van der Waals surface area (Å²) in [4.78, 5) is 2.35. The second kappa shape index (κ2) is 5.41. The molecule has 0 bridgehead atoms. The van der Waals surface area contributed by atoms with Crippen molar-refractivity contribution in [2.24, 2.45) is 0 Å². The Morgan fingerprint density at radius 2 is 2.00 bits per heavy atom. The molecule has 0 radical (unpaired) electrons. The van der Waals surface area contributed by atoms with Crippen molar-refractivity contribution < 1.29 is 9.47 Å². The molecule has 0 saturated carbocycles. The van der Waals surface area contributed by atoms with E-state index in [4.69, 9.17) is 9.47 Å². The molecule has 0 aliphatic carbocycles. The van der Waals surface area contributed by atoms with Gasteiger partial charge in [-0.1, -0.05) is 19.9 Å². The Labute approximate surface area is 103 Å². The van der Waals surface area contributed by atoms with Crippen molar-refractivity contribution in [1.82, 2.24) is 4.90 Å². The number of benzene rings is 1. The Kier molecular flexibility index (Phi) is 3.89. The van der Waals surface area contributed by atoms with Crippen LogP contribution in [0.4, 0.5) is 0 Å². The molecule has 17 heavy (non-hydrogen) atoms. The zero-order valence-corrected chi connectivity index (χ0v) is 10.9. The molecule has 2 rings (SSSR count). The van der Waals surface area contributed by atoms with Gasteiger partial charge < -0.3 is 14.4 Å². The van der Waals surface area contributed by atoms with Crippen molar-refractivity contribution in [3.05, 3.63) is 23.8 Å². The molecule has 0 amide bonds. The Bertz CT molecular complexity index is 374. The van der Waals surface area contributed by atoms with Crippen molar-refractivity contribution >= 4 is 0 Å². The molecule has 1 aliphatic heterocycles. The summed E-state index contributed by atoms with van der Waals surface area (Å²) in [5, 5.41) is 0. The fraction of sp³-hybridized carbons (Fsp3) is 0.571. The molecule has 0 saturated heterocycles. The summed E-state index contributed by atoms with van der Waals surface area (Å²) in [6.45, 7) is 10.1. The van der Waals surface area contributed by atoms with Gasteiger partial charge in [0.05, 0.1) is 0 Å². The molecule has 3 nitrogen and oxygen atoms in total. The van der Waals surface area contributed by atoms with Crippen molar-refractivity contribution in [2.75, 3.05) is 26.2 Å². The lowest BCUT2D eigenvalue weighted by atomic mass is 10.2. The van der Waals surface area contributed by atoms with Crippen LogP contribution in [0.25, 0.3) is 0 Å². The third kappa shape index (κ3) is 2.91. The lowest BCUT2D eigenvalue weighted by Gasteiger charge is -2.30. The number of ether oxygens (including phenoxy) is 2. The predicted molar refractivity (Wildman–Crippen MR) is 68.9 cm³/mol. The van der Waals surface area contributed by atoms with E-state index in [0.717, 1.165) is 31.1 Å². The summed E-state index contributed by atoms with van der Waals surface area (Å²) < 4.78 is 11.7. The zero-order chi connectivity index (χ0) is 12.3. The highest BCUT2D eigenvalue weighted by Crippen LogP contribution is 2.32. The Balaban J connectivity index is 2.01. The summed E-state index contributed by atoms with van der Waals surface area (Å²) in [6, 6.07) is 6.09. The average Bonchev–Trinajstić information content (AvgIpc) is 2.36. The van der Waals surface area contributed by atoms with Crippen LogP contribution in [0.15, 0.2) is 18.2 Å². The zero-order valence-electron chi connectivity index (χ0n) is 10.9. The van der Waals surface area contributed by atoms with E-state index < -0.39 is 0 Å². The van der Waals surface area contributed by atoms with E-state index in [-0.39, 0.29) is 6.10 Å². The molecule has 1 atom stereocenters. The smallest absolute Gasteiger partial charge is 0.161 e. The van der Waals surface area contributed by atoms with E-state index >= 15 is 0 Å². The number of likely N-dealkylation sites (N-methyl/N-ethyl adjacent to an activating group) is 1. The third-order valence-electron chi connectivity index (χ3n) is 3.17. The predicted octanol–water partition coefficient (Wildman–Crippen LogP) is 2.48. The Morgan fingerprint density at radius 3 is 2.71 bits per heavy atom. The van der Waals surface area contributed by atoms with Crippen molar-refractivity contribution in [2.45, 2.75) is 26.9 Å². The number of fused-ring (bicyclic) bond motifs is 1. The first-order chi connectivity index (χ1) is 8.22. The van der Waals surface area contributed by atoms with Crippen LogP contribution in [0.3, 0.4) is 0 Å². The van der Waals surface area contributed by atoms with Gasteiger partial charge in [0.15, 0.2) is 11.5 Å². The second-order valence-electron chi connectivity index (χ2n) is 4.49. The van der Waals surface area contributed by atoms with Crippen LogP contribution in [0.1, 0.15) is 19.4 Å². The third-order valence-corrected chi connectivity index (χ3v) is 3.17. The van der Waals surface area contributed by atoms with E-state index in [9.17, 15) is 0 Å². The van der Waals surface area contributed by atoms with E-state index in [1.54, 1.807) is 0 Å². The first-order valence-corrected chi connectivity index (χ1v) is 6.35. The van der Waals surface area contributed by atoms with Gasteiger partial charge in [0.1, 0.15) is 12.7 Å². The normalized spacial score (nSPS) is 18.5. The molecule has 0 spiro atoms. The van der Waals surface area contributed by atoms with Gasteiger partial charge in [-0.3, -0.25) is 0 Å². The second-order valence-corrected chi connectivity index (χ2v) is 4.49. The van der Waals surface area contributed by atoms with Crippen LogP contribution in [0.2, 0.25) is 0 Å². The summed E-state index contributed by atoms with van der Waals surface area (Å²) >= 11 is 0. The number of rotatable bonds is 4. The number of aryl methyl sites for hydroxylation is 1. The molecule has 0 fully saturated rings. The molecule has 0 N–H and O–H groups in total. The average molecular weight is 235 g/mol. The molecule has 1 heterocycles. The van der Waals surface area contributed by atoms with Gasteiger partial charge in [0.2, 0.25) is 0 Å². The number of hydrogen-bond acceptors (Lipinski definition) is 3. The van der Waals surface area contributed by atoms with Gasteiger partial charge in [-0.15, -0.1) is 0 Å². The molecule has 1 unspecified atom stereocenters. The van der Waals surface area contributed by atoms with Gasteiger partial charge in [0.25, 0.3) is 0 Å². The molecular formula is C14H21NO2. The Hall–Kier alpha value is -1.22. The standard InChI is InChI=1S/C14H21NO2/c1-4-15(5-2)9-12-10-16-14-8-11(3)6-7-13(14)17-12/h6-8,12H,4-5,9-10H2,1-3H3. The van der Waals surface area contributed by atoms with Crippen molar-refractivity contribution in [3.63, 3.8) is 0 Å². The summed E-state index contributed by atoms with van der Waals surface area (Å²) in [5.41, 5.74) is 1.20. The molecule has 1 aliphatic rings. The largest absolute Gasteiger partial charge is 0.486 e. The van der Waals surface area contributed by atoms with Gasteiger partial charge in [-0.05, 0) is 37.7 Å². The summed E-state index contributed by atoms with van der Waals surface area (Å²) in [5.74, 6) is 1.75. The highest BCUT2D eigenvalue weighted by atomic mass is 16.6. The van der Waals surface area contributed by atoms with Gasteiger partial charge in [-0.2, -0.15) is 0 Å². The number of hydrogen-bond donors (Lipinski definition) is 0. The van der Waals surface area contributed by atoms with Crippen LogP contribution in [-0.4, -0.2) is 37.2 Å². The quantitative estimate of drug-likeness (QED) is 0.800. The fourth-order valence-corrected chi connectivity index (χ4v) is 2.08. The van der Waals surface area contributed by atoms with Gasteiger partial charge in [-0.25, -0.2) is 0 Å². The molecule has 1 aromatic carbocycles. The molecule has 1 aromatic rings. The molecule has 0 aromatic heterocycles. The van der Waals surface area contributed by atoms with E-state index in [1.807, 2.05) is 12.1 Å². The van der Waals surface area contributed by atoms with Gasteiger partial charge >= 0.3 is 0 Å². The van der Waals surface area contributed by atoms with Crippen LogP contribution < -0.4 is 9.47 Å². The SMILES string of the molecule is CCN(CC)CC1COc2cc(C)ccc2O1. The first-order valence-electron chi connectivity index (χ1n) is 6.35. The highest BCUT2D eigenvalue weighted by molar-refractivity contribution is 5.43. The molecular weight excluding hydrogens is 214 g/mol.